The van der Waals surface area contributed by atoms with E-state index >= 15 is 0 Å². The zero-order chi connectivity index (χ0) is 12.0. The van der Waals surface area contributed by atoms with E-state index in [4.69, 9.17) is 5.11 Å². The largest absolute Gasteiger partial charge is 0.481 e. The summed E-state index contributed by atoms with van der Waals surface area (Å²) in [6, 6.07) is 3.93. The Morgan fingerprint density at radius 1 is 1.56 bits per heavy atom. The van der Waals surface area contributed by atoms with Crippen LogP contribution in [0.3, 0.4) is 0 Å². The molecule has 16 heavy (non-hydrogen) atoms. The minimum absolute atomic E-state index is 0.180. The molecule has 0 fully saturated rings. The third-order valence-electron chi connectivity index (χ3n) is 2.58. The number of aliphatic carboxylic acids is 1. The lowest BCUT2D eigenvalue weighted by molar-refractivity contribution is -0.137. The predicted octanol–water partition coefficient (Wildman–Crippen LogP) is 1.69. The average Bonchev–Trinajstić information content (AvgIpc) is 2.26. The van der Waals surface area contributed by atoms with Crippen LogP contribution in [0.5, 0.6) is 0 Å². The second kappa shape index (κ2) is 6.23. The third-order valence-corrected chi connectivity index (χ3v) is 2.58. The van der Waals surface area contributed by atoms with Gasteiger partial charge in [-0.05, 0) is 25.1 Å². The summed E-state index contributed by atoms with van der Waals surface area (Å²) in [6.45, 7) is 6.18. The van der Waals surface area contributed by atoms with Crippen molar-refractivity contribution in [1.82, 2.24) is 9.88 Å². The van der Waals surface area contributed by atoms with Crippen LogP contribution in [0.25, 0.3) is 0 Å². The topological polar surface area (TPSA) is 53.4 Å². The Bertz CT molecular complexity index is 353. The molecule has 0 unspecified atom stereocenters. The first kappa shape index (κ1) is 12.6. The lowest BCUT2D eigenvalue weighted by atomic mass is 10.2. The van der Waals surface area contributed by atoms with Crippen molar-refractivity contribution in [2.45, 2.75) is 26.8 Å². The first-order valence-corrected chi connectivity index (χ1v) is 5.48. The van der Waals surface area contributed by atoms with Crippen molar-refractivity contribution >= 4 is 5.97 Å². The number of hydrogen-bond donors (Lipinski definition) is 1. The van der Waals surface area contributed by atoms with Gasteiger partial charge in [0, 0.05) is 19.3 Å². The second-order valence-electron chi connectivity index (χ2n) is 3.78. The van der Waals surface area contributed by atoms with Crippen molar-refractivity contribution in [2.75, 3.05) is 13.1 Å². The predicted molar refractivity (Wildman–Crippen MR) is 62.2 cm³/mol. The highest BCUT2D eigenvalue weighted by Crippen LogP contribution is 2.07. The number of aromatic nitrogens is 1. The number of nitrogens with zero attached hydrogens (tertiary/aromatic N) is 2. The molecule has 4 heteroatoms. The maximum absolute atomic E-state index is 10.5. The number of pyridine rings is 1. The Morgan fingerprint density at radius 2 is 2.31 bits per heavy atom. The van der Waals surface area contributed by atoms with Crippen LogP contribution >= 0.6 is 0 Å². The molecule has 0 aromatic carbocycles. The summed E-state index contributed by atoms with van der Waals surface area (Å²) < 4.78 is 0. The molecule has 0 spiro atoms. The van der Waals surface area contributed by atoms with Crippen molar-refractivity contribution < 1.29 is 9.90 Å². The average molecular weight is 222 g/mol. The lowest BCUT2D eigenvalue weighted by Gasteiger charge is -2.19. The van der Waals surface area contributed by atoms with Gasteiger partial charge in [-0.2, -0.15) is 0 Å². The highest BCUT2D eigenvalue weighted by Gasteiger charge is 2.08. The number of aryl methyl sites for hydroxylation is 1. The van der Waals surface area contributed by atoms with Gasteiger partial charge in [-0.3, -0.25) is 14.7 Å². The van der Waals surface area contributed by atoms with E-state index in [1.54, 1.807) is 6.20 Å². The summed E-state index contributed by atoms with van der Waals surface area (Å²) in [5.41, 5.74) is 2.17. The molecule has 0 saturated heterocycles. The molecule has 0 atom stereocenters. The molecule has 0 radical (unpaired) electrons. The first-order chi connectivity index (χ1) is 7.63. The minimum Gasteiger partial charge on any atom is -0.481 e. The van der Waals surface area contributed by atoms with Gasteiger partial charge >= 0.3 is 5.97 Å². The number of rotatable bonds is 6. The molecule has 0 amide bonds. The highest BCUT2D eigenvalue weighted by atomic mass is 16.4. The Kier molecular flexibility index (Phi) is 4.92. The summed E-state index contributed by atoms with van der Waals surface area (Å²) in [5, 5.41) is 8.64. The van der Waals surface area contributed by atoms with Crippen molar-refractivity contribution in [3.8, 4) is 0 Å². The van der Waals surface area contributed by atoms with E-state index in [0.29, 0.717) is 6.54 Å². The van der Waals surface area contributed by atoms with Crippen LogP contribution in [0.15, 0.2) is 18.3 Å². The minimum atomic E-state index is -0.754. The third kappa shape index (κ3) is 3.98. The number of hydrogen-bond acceptors (Lipinski definition) is 3. The van der Waals surface area contributed by atoms with Crippen LogP contribution in [-0.4, -0.2) is 34.0 Å². The van der Waals surface area contributed by atoms with Gasteiger partial charge in [0.15, 0.2) is 0 Å². The standard InChI is InChI=1S/C12H18N2O2/c1-3-14(8-6-12(15)16)9-11-10(2)5-4-7-13-11/h4-5,7H,3,6,8-9H2,1-2H3,(H,15,16). The van der Waals surface area contributed by atoms with Gasteiger partial charge in [-0.1, -0.05) is 13.0 Å². The Morgan fingerprint density at radius 3 is 2.88 bits per heavy atom. The van der Waals surface area contributed by atoms with E-state index < -0.39 is 5.97 Å². The van der Waals surface area contributed by atoms with Crippen molar-refractivity contribution in [2.24, 2.45) is 0 Å². The summed E-state index contributed by atoms with van der Waals surface area (Å²) in [4.78, 5) is 16.9. The summed E-state index contributed by atoms with van der Waals surface area (Å²) in [6.07, 6.45) is 1.95. The first-order valence-electron chi connectivity index (χ1n) is 5.48. The fraction of sp³-hybridized carbons (Fsp3) is 0.500. The van der Waals surface area contributed by atoms with E-state index in [1.807, 2.05) is 26.0 Å². The van der Waals surface area contributed by atoms with E-state index in [2.05, 4.69) is 9.88 Å². The van der Waals surface area contributed by atoms with Crippen LogP contribution < -0.4 is 0 Å². The SMILES string of the molecule is CCN(CCC(=O)O)Cc1ncccc1C. The Balaban J connectivity index is 2.56. The van der Waals surface area contributed by atoms with E-state index in [-0.39, 0.29) is 6.42 Å². The Labute approximate surface area is 95.9 Å². The van der Waals surface area contributed by atoms with Crippen molar-refractivity contribution in [3.63, 3.8) is 0 Å². The number of carbonyl (C=O) groups is 1. The van der Waals surface area contributed by atoms with Crippen LogP contribution in [0.1, 0.15) is 24.6 Å². The van der Waals surface area contributed by atoms with Crippen LogP contribution in [0.4, 0.5) is 0 Å². The van der Waals surface area contributed by atoms with Gasteiger partial charge < -0.3 is 5.11 Å². The molecule has 0 aliphatic heterocycles. The molecule has 0 aliphatic rings. The molecule has 0 bridgehead atoms. The van der Waals surface area contributed by atoms with E-state index in [9.17, 15) is 4.79 Å². The molecule has 4 nitrogen and oxygen atoms in total. The van der Waals surface area contributed by atoms with Gasteiger partial charge in [-0.15, -0.1) is 0 Å². The molecule has 1 aromatic heterocycles. The van der Waals surface area contributed by atoms with Crippen molar-refractivity contribution in [3.05, 3.63) is 29.6 Å². The Hall–Kier alpha value is -1.42. The number of carboxylic acids is 1. The van der Waals surface area contributed by atoms with Crippen molar-refractivity contribution in [1.29, 1.82) is 0 Å². The number of carboxylic acid groups (broad SMARTS) is 1. The van der Waals surface area contributed by atoms with Gasteiger partial charge in [0.1, 0.15) is 0 Å². The zero-order valence-electron chi connectivity index (χ0n) is 9.81. The van der Waals surface area contributed by atoms with Gasteiger partial charge in [-0.25, -0.2) is 0 Å². The van der Waals surface area contributed by atoms with Gasteiger partial charge in [0.05, 0.1) is 12.1 Å². The summed E-state index contributed by atoms with van der Waals surface area (Å²) in [5.74, 6) is -0.754. The van der Waals surface area contributed by atoms with Crippen LogP contribution in [0, 0.1) is 6.92 Å². The molecule has 0 saturated carbocycles. The molecule has 0 aliphatic carbocycles. The highest BCUT2D eigenvalue weighted by molar-refractivity contribution is 5.66. The molecule has 1 rings (SSSR count). The van der Waals surface area contributed by atoms with Gasteiger partial charge in [0.25, 0.3) is 0 Å². The normalized spacial score (nSPS) is 10.7. The molecule has 88 valence electrons. The second-order valence-corrected chi connectivity index (χ2v) is 3.78. The van der Waals surface area contributed by atoms with Crippen LogP contribution in [-0.2, 0) is 11.3 Å². The molecule has 1 aromatic rings. The van der Waals surface area contributed by atoms with E-state index in [0.717, 1.165) is 24.3 Å². The molecule has 1 heterocycles. The quantitative estimate of drug-likeness (QED) is 0.795. The van der Waals surface area contributed by atoms with Crippen LogP contribution in [0.2, 0.25) is 0 Å². The summed E-state index contributed by atoms with van der Waals surface area (Å²) >= 11 is 0. The van der Waals surface area contributed by atoms with E-state index in [1.165, 1.54) is 0 Å². The molecular formula is C12H18N2O2. The fourth-order valence-electron chi connectivity index (χ4n) is 1.50. The maximum atomic E-state index is 10.5. The summed E-state index contributed by atoms with van der Waals surface area (Å²) in [7, 11) is 0. The molecule has 1 N–H and O–H groups in total. The lowest BCUT2D eigenvalue weighted by Crippen LogP contribution is -2.26. The zero-order valence-corrected chi connectivity index (χ0v) is 9.81. The monoisotopic (exact) mass is 222 g/mol. The smallest absolute Gasteiger partial charge is 0.304 e. The maximum Gasteiger partial charge on any atom is 0.304 e. The molecular weight excluding hydrogens is 204 g/mol. The van der Waals surface area contributed by atoms with Gasteiger partial charge in [0.2, 0.25) is 0 Å². The fourth-order valence-corrected chi connectivity index (χ4v) is 1.50.